The number of nitrogens with zero attached hydrogens (tertiary/aromatic N) is 1. The highest BCUT2D eigenvalue weighted by atomic mass is 16.6. The smallest absolute Gasteiger partial charge is 0.338 e. The first kappa shape index (κ1) is 30.5. The number of benzene rings is 1. The Hall–Kier alpha value is -2.12. The number of carbonyl (C=O) groups excluding carboxylic acids is 2. The quantitative estimate of drug-likeness (QED) is 0.410. The number of methoxy groups -OCH3 is 4. The summed E-state index contributed by atoms with van der Waals surface area (Å²) in [7, 11) is 8.63. The molecule has 1 aliphatic heterocycles. The fraction of sp³-hybridized carbons (Fsp3) is 0.758. The second-order valence-corrected chi connectivity index (χ2v) is 14.2. The number of hydrogen-bond acceptors (Lipinski definition) is 11. The standard InChI is InChI=1S/C33H45NO10/c1-17(35)44-33-21-19(14-31(38,28(42-6)26(33)36)27(21)43-29(37)18-10-8-7-9-11-18)32-20(40-4)12-13-30(16-39-3)15-34(2)25(32)22(33)23(41-5)24(30)32/h7-11,19-28,36,38H,12-16H2,1-6H3/t19-,20+,21-,22+,23+,24-,25?,26+,27-,28+,30+,31+,32+,33-/m1/s1. The molecule has 11 nitrogen and oxygen atoms in total. The summed E-state index contributed by atoms with van der Waals surface area (Å²) in [6, 6.07) is 8.39. The predicted molar refractivity (Wildman–Crippen MR) is 154 cm³/mol. The Kier molecular flexibility index (Phi) is 7.07. The Morgan fingerprint density at radius 3 is 2.36 bits per heavy atom. The summed E-state index contributed by atoms with van der Waals surface area (Å²) >= 11 is 0. The molecule has 11 heteroatoms. The van der Waals surface area contributed by atoms with Gasteiger partial charge in [0, 0.05) is 76.5 Å². The van der Waals surface area contributed by atoms with Gasteiger partial charge in [-0.25, -0.2) is 4.79 Å². The van der Waals surface area contributed by atoms with Gasteiger partial charge in [-0.15, -0.1) is 0 Å². The molecule has 5 saturated carbocycles. The third kappa shape index (κ3) is 3.41. The Morgan fingerprint density at radius 2 is 1.75 bits per heavy atom. The summed E-state index contributed by atoms with van der Waals surface area (Å²) in [5.74, 6) is -2.96. The number of esters is 2. The van der Waals surface area contributed by atoms with E-state index >= 15 is 0 Å². The van der Waals surface area contributed by atoms with Gasteiger partial charge in [0.05, 0.1) is 24.4 Å². The molecule has 14 atom stereocenters. The number of rotatable bonds is 8. The minimum atomic E-state index is -1.76. The lowest BCUT2D eigenvalue weighted by molar-refractivity contribution is -0.316. The zero-order valence-corrected chi connectivity index (χ0v) is 26.3. The normalized spacial score (nSPS) is 49.9. The lowest BCUT2D eigenvalue weighted by Crippen LogP contribution is -2.80. The van der Waals surface area contributed by atoms with Crippen LogP contribution in [0.4, 0.5) is 0 Å². The lowest BCUT2D eigenvalue weighted by Gasteiger charge is -2.69. The largest absolute Gasteiger partial charge is 0.455 e. The zero-order valence-electron chi connectivity index (χ0n) is 26.3. The Morgan fingerprint density at radius 1 is 1.02 bits per heavy atom. The molecule has 1 saturated heterocycles. The van der Waals surface area contributed by atoms with E-state index < -0.39 is 64.8 Å². The first-order valence-electron chi connectivity index (χ1n) is 15.7. The molecule has 6 fully saturated rings. The second-order valence-electron chi connectivity index (χ2n) is 14.2. The van der Waals surface area contributed by atoms with Gasteiger partial charge in [0.1, 0.15) is 23.9 Å². The number of fused-ring (bicyclic) bond motifs is 2. The molecule has 7 rings (SSSR count). The van der Waals surface area contributed by atoms with Crippen molar-refractivity contribution < 1.29 is 48.2 Å². The molecular weight excluding hydrogens is 570 g/mol. The van der Waals surface area contributed by atoms with E-state index in [4.69, 9.17) is 28.4 Å². The van der Waals surface area contributed by atoms with Crippen molar-refractivity contribution in [3.8, 4) is 0 Å². The van der Waals surface area contributed by atoms with Gasteiger partial charge in [-0.1, -0.05) is 18.2 Å². The van der Waals surface area contributed by atoms with Crippen LogP contribution in [0.2, 0.25) is 0 Å². The van der Waals surface area contributed by atoms with Crippen LogP contribution in [0.25, 0.3) is 0 Å². The van der Waals surface area contributed by atoms with Crippen LogP contribution in [0.3, 0.4) is 0 Å². The van der Waals surface area contributed by atoms with Gasteiger partial charge < -0.3 is 43.5 Å². The van der Waals surface area contributed by atoms with E-state index in [1.54, 1.807) is 45.6 Å². The Balaban J connectivity index is 1.51. The molecule has 5 aliphatic carbocycles. The maximum absolute atomic E-state index is 13.7. The van der Waals surface area contributed by atoms with Crippen molar-refractivity contribution in [1.82, 2.24) is 4.90 Å². The average molecular weight is 616 g/mol. The number of aliphatic hydroxyl groups excluding tert-OH is 1. The van der Waals surface area contributed by atoms with E-state index in [9.17, 15) is 19.8 Å². The number of piperidine rings is 1. The van der Waals surface area contributed by atoms with Crippen LogP contribution in [0, 0.1) is 34.5 Å². The molecule has 1 aromatic carbocycles. The van der Waals surface area contributed by atoms with Crippen molar-refractivity contribution in [3.63, 3.8) is 0 Å². The maximum Gasteiger partial charge on any atom is 0.338 e. The molecule has 7 bridgehead atoms. The fourth-order valence-corrected chi connectivity index (χ4v) is 12.3. The molecule has 0 amide bonds. The molecule has 1 aromatic rings. The van der Waals surface area contributed by atoms with E-state index in [2.05, 4.69) is 11.9 Å². The minimum Gasteiger partial charge on any atom is -0.455 e. The third-order valence-electron chi connectivity index (χ3n) is 12.8. The van der Waals surface area contributed by atoms with Gasteiger partial charge in [0.15, 0.2) is 5.60 Å². The minimum absolute atomic E-state index is 0.103. The molecule has 6 aliphatic rings. The van der Waals surface area contributed by atoms with Crippen LogP contribution < -0.4 is 0 Å². The number of likely N-dealkylation sites (tertiary alicyclic amines) is 1. The van der Waals surface area contributed by atoms with Crippen LogP contribution in [0.15, 0.2) is 30.3 Å². The van der Waals surface area contributed by atoms with Crippen molar-refractivity contribution in [2.75, 3.05) is 48.6 Å². The number of aliphatic hydroxyl groups is 2. The zero-order chi connectivity index (χ0) is 31.4. The van der Waals surface area contributed by atoms with E-state index in [1.165, 1.54) is 14.0 Å². The van der Waals surface area contributed by atoms with Gasteiger partial charge in [-0.3, -0.25) is 4.79 Å². The van der Waals surface area contributed by atoms with E-state index in [0.29, 0.717) is 12.2 Å². The maximum atomic E-state index is 13.7. The summed E-state index contributed by atoms with van der Waals surface area (Å²) in [6.45, 7) is 2.56. The van der Waals surface area contributed by atoms with E-state index in [0.717, 1.165) is 19.4 Å². The third-order valence-corrected chi connectivity index (χ3v) is 12.8. The monoisotopic (exact) mass is 615 g/mol. The Labute approximate surface area is 258 Å². The summed E-state index contributed by atoms with van der Waals surface area (Å²) in [5, 5.41) is 25.1. The van der Waals surface area contributed by atoms with Crippen LogP contribution in [-0.4, -0.2) is 123 Å². The molecule has 44 heavy (non-hydrogen) atoms. The number of carbonyl (C=O) groups is 2. The van der Waals surface area contributed by atoms with Gasteiger partial charge in [0.25, 0.3) is 0 Å². The van der Waals surface area contributed by atoms with Crippen molar-refractivity contribution in [1.29, 1.82) is 0 Å². The van der Waals surface area contributed by atoms with Gasteiger partial charge >= 0.3 is 11.9 Å². The van der Waals surface area contributed by atoms with Crippen molar-refractivity contribution in [2.24, 2.45) is 34.5 Å². The highest BCUT2D eigenvalue weighted by Gasteiger charge is 2.91. The Bertz CT molecular complexity index is 1310. The number of ether oxygens (including phenoxy) is 6. The highest BCUT2D eigenvalue weighted by Crippen LogP contribution is 2.80. The lowest BCUT2D eigenvalue weighted by atomic mass is 9.43. The van der Waals surface area contributed by atoms with Gasteiger partial charge in [-0.2, -0.15) is 0 Å². The van der Waals surface area contributed by atoms with Crippen LogP contribution in [-0.2, 0) is 33.2 Å². The van der Waals surface area contributed by atoms with Gasteiger partial charge in [0.2, 0.25) is 0 Å². The fourth-order valence-electron chi connectivity index (χ4n) is 12.3. The molecule has 0 radical (unpaired) electrons. The first-order valence-corrected chi connectivity index (χ1v) is 15.7. The van der Waals surface area contributed by atoms with Crippen LogP contribution in [0.1, 0.15) is 36.5 Å². The predicted octanol–water partition coefficient (Wildman–Crippen LogP) is 1.29. The molecule has 0 aromatic heterocycles. The molecule has 1 spiro atoms. The molecular formula is C33H45NO10. The van der Waals surface area contributed by atoms with Crippen LogP contribution >= 0.6 is 0 Å². The van der Waals surface area contributed by atoms with Crippen molar-refractivity contribution in [2.45, 2.75) is 73.9 Å². The SMILES string of the molecule is COC[C@@]12CC[C@H](OC)[C@]34C([C@H]([C@H](OC)[C@H]13)[C@]1(OC(C)=O)[C@H]3[C@@H](OC(=O)c5ccccc5)[C@@](O)(C[C@H]34)[C@@H](OC)[C@@H]1O)N(C)C2. The molecule has 242 valence electrons. The molecule has 2 N–H and O–H groups in total. The summed E-state index contributed by atoms with van der Waals surface area (Å²) in [6.07, 6.45) is -2.66. The van der Waals surface area contributed by atoms with E-state index in [1.807, 2.05) is 6.07 Å². The number of hydrogen-bond donors (Lipinski definition) is 2. The topological polar surface area (TPSA) is 133 Å². The first-order chi connectivity index (χ1) is 21.0. The van der Waals surface area contributed by atoms with E-state index in [-0.39, 0.29) is 35.8 Å². The summed E-state index contributed by atoms with van der Waals surface area (Å²) in [4.78, 5) is 29.2. The van der Waals surface area contributed by atoms with Crippen LogP contribution in [0.5, 0.6) is 0 Å². The summed E-state index contributed by atoms with van der Waals surface area (Å²) < 4.78 is 37.5. The highest BCUT2D eigenvalue weighted by molar-refractivity contribution is 5.89. The van der Waals surface area contributed by atoms with Crippen molar-refractivity contribution in [3.05, 3.63) is 35.9 Å². The summed E-state index contributed by atoms with van der Waals surface area (Å²) in [5.41, 5.74) is -3.93. The van der Waals surface area contributed by atoms with Crippen molar-refractivity contribution >= 4 is 11.9 Å². The molecule has 1 unspecified atom stereocenters. The average Bonchev–Trinajstić information content (AvgIpc) is 3.39. The van der Waals surface area contributed by atoms with Gasteiger partial charge in [-0.05, 0) is 44.4 Å². The second kappa shape index (κ2) is 10.2. The molecule has 1 heterocycles.